The van der Waals surface area contributed by atoms with Crippen LogP contribution in [-0.2, 0) is 26.2 Å². The van der Waals surface area contributed by atoms with Gasteiger partial charge in [-0.3, -0.25) is 13.9 Å². The number of halogens is 1. The van der Waals surface area contributed by atoms with Gasteiger partial charge in [0.15, 0.2) is 11.5 Å². The van der Waals surface area contributed by atoms with Crippen molar-refractivity contribution in [1.82, 2.24) is 10.2 Å². The molecule has 0 radical (unpaired) electrons. The molecule has 3 aromatic carbocycles. The highest BCUT2D eigenvalue weighted by molar-refractivity contribution is 7.92. The van der Waals surface area contributed by atoms with Crippen molar-refractivity contribution >= 4 is 39.1 Å². The van der Waals surface area contributed by atoms with Crippen LogP contribution in [0.15, 0.2) is 71.6 Å². The first-order valence-corrected chi connectivity index (χ1v) is 15.0. The third-order valence-electron chi connectivity index (χ3n) is 6.50. The van der Waals surface area contributed by atoms with Crippen LogP contribution in [0.3, 0.4) is 0 Å². The SMILES string of the molecule is CCCNC(=O)[C@@H](C)N(Cc1cccc(Cl)c1)C(=O)CN(c1ccc(C)cc1)S(=O)(=O)c1ccc(OC)c(OC)c1. The van der Waals surface area contributed by atoms with E-state index in [0.29, 0.717) is 28.6 Å². The lowest BCUT2D eigenvalue weighted by atomic mass is 10.1. The highest BCUT2D eigenvalue weighted by Crippen LogP contribution is 2.32. The van der Waals surface area contributed by atoms with Gasteiger partial charge in [0.1, 0.15) is 12.6 Å². The molecule has 11 heteroatoms. The van der Waals surface area contributed by atoms with E-state index in [-0.39, 0.29) is 23.1 Å². The Bertz CT molecular complexity index is 1460. The number of aryl methyl sites for hydroxylation is 1. The highest BCUT2D eigenvalue weighted by Gasteiger charge is 2.33. The predicted molar refractivity (Wildman–Crippen MR) is 160 cm³/mol. The van der Waals surface area contributed by atoms with Crippen LogP contribution in [0, 0.1) is 6.92 Å². The summed E-state index contributed by atoms with van der Waals surface area (Å²) >= 11 is 6.18. The van der Waals surface area contributed by atoms with E-state index in [4.69, 9.17) is 21.1 Å². The molecular formula is C30H36ClN3O6S. The molecule has 1 N–H and O–H groups in total. The lowest BCUT2D eigenvalue weighted by Gasteiger charge is -2.32. The number of methoxy groups -OCH3 is 2. The van der Waals surface area contributed by atoms with Crippen LogP contribution in [0.5, 0.6) is 11.5 Å². The Hall–Kier alpha value is -3.76. The number of benzene rings is 3. The third-order valence-corrected chi connectivity index (χ3v) is 8.51. The van der Waals surface area contributed by atoms with Gasteiger partial charge in [0, 0.05) is 24.2 Å². The van der Waals surface area contributed by atoms with Gasteiger partial charge in [-0.1, -0.05) is 48.4 Å². The summed E-state index contributed by atoms with van der Waals surface area (Å²) in [5.74, 6) is -0.308. The Labute approximate surface area is 247 Å². The fourth-order valence-electron chi connectivity index (χ4n) is 4.15. The smallest absolute Gasteiger partial charge is 0.264 e. The number of rotatable bonds is 13. The molecule has 0 spiro atoms. The van der Waals surface area contributed by atoms with Gasteiger partial charge in [0.25, 0.3) is 10.0 Å². The summed E-state index contributed by atoms with van der Waals surface area (Å²) in [6.07, 6.45) is 0.728. The number of nitrogens with one attached hydrogen (secondary N) is 1. The normalized spacial score (nSPS) is 11.9. The number of carbonyl (C=O) groups excluding carboxylic acids is 2. The molecule has 0 saturated carbocycles. The van der Waals surface area contributed by atoms with E-state index in [0.717, 1.165) is 16.3 Å². The second kappa shape index (κ2) is 14.2. The maximum atomic E-state index is 14.1. The molecule has 0 aliphatic heterocycles. The van der Waals surface area contributed by atoms with E-state index in [2.05, 4.69) is 5.32 Å². The zero-order valence-corrected chi connectivity index (χ0v) is 25.5. The summed E-state index contributed by atoms with van der Waals surface area (Å²) in [6, 6.07) is 17.1. The second-order valence-corrected chi connectivity index (χ2v) is 11.8. The van der Waals surface area contributed by atoms with Crippen molar-refractivity contribution in [3.63, 3.8) is 0 Å². The lowest BCUT2D eigenvalue weighted by molar-refractivity contribution is -0.139. The number of ether oxygens (including phenoxy) is 2. The number of hydrogen-bond acceptors (Lipinski definition) is 6. The van der Waals surface area contributed by atoms with Crippen molar-refractivity contribution in [3.05, 3.63) is 82.9 Å². The molecule has 0 fully saturated rings. The average Bonchev–Trinajstić information content (AvgIpc) is 2.97. The molecule has 0 aromatic heterocycles. The standard InChI is InChI=1S/C30H36ClN3O6S/c1-6-16-32-30(36)22(3)33(19-23-8-7-9-24(31)17-23)29(35)20-34(25-12-10-21(2)11-13-25)41(37,38)26-14-15-27(39-4)28(18-26)40-5/h7-15,17-18,22H,6,16,19-20H2,1-5H3,(H,32,36)/t22-/m1/s1. The minimum absolute atomic E-state index is 0.0538. The first-order chi connectivity index (χ1) is 19.5. The van der Waals surface area contributed by atoms with Gasteiger partial charge in [0.2, 0.25) is 11.8 Å². The van der Waals surface area contributed by atoms with Crippen molar-refractivity contribution in [1.29, 1.82) is 0 Å². The Morgan fingerprint density at radius 1 is 0.976 bits per heavy atom. The molecule has 0 aliphatic carbocycles. The highest BCUT2D eigenvalue weighted by atomic mass is 35.5. The van der Waals surface area contributed by atoms with Crippen molar-refractivity contribution in [2.75, 3.05) is 31.6 Å². The molecule has 2 amide bonds. The van der Waals surface area contributed by atoms with Crippen molar-refractivity contribution in [2.24, 2.45) is 0 Å². The van der Waals surface area contributed by atoms with E-state index < -0.39 is 28.5 Å². The molecule has 0 unspecified atom stereocenters. The maximum absolute atomic E-state index is 14.1. The summed E-state index contributed by atoms with van der Waals surface area (Å²) in [6.45, 7) is 5.38. The molecule has 3 aromatic rings. The molecule has 0 heterocycles. The van der Waals surface area contributed by atoms with Gasteiger partial charge in [0.05, 0.1) is 24.8 Å². The van der Waals surface area contributed by atoms with Gasteiger partial charge in [-0.05, 0) is 62.2 Å². The third kappa shape index (κ3) is 7.92. The zero-order chi connectivity index (χ0) is 30.2. The predicted octanol–water partition coefficient (Wildman–Crippen LogP) is 4.80. The summed E-state index contributed by atoms with van der Waals surface area (Å²) in [5.41, 5.74) is 1.92. The van der Waals surface area contributed by atoms with Crippen LogP contribution in [0.2, 0.25) is 5.02 Å². The fourth-order valence-corrected chi connectivity index (χ4v) is 5.80. The molecule has 0 saturated heterocycles. The summed E-state index contributed by atoms with van der Waals surface area (Å²) < 4.78 is 39.7. The van der Waals surface area contributed by atoms with Crippen LogP contribution in [-0.4, -0.2) is 58.5 Å². The summed E-state index contributed by atoms with van der Waals surface area (Å²) in [4.78, 5) is 28.2. The average molecular weight is 602 g/mol. The van der Waals surface area contributed by atoms with Crippen LogP contribution in [0.4, 0.5) is 5.69 Å². The van der Waals surface area contributed by atoms with Gasteiger partial charge >= 0.3 is 0 Å². The van der Waals surface area contributed by atoms with Crippen molar-refractivity contribution in [2.45, 2.75) is 44.7 Å². The fraction of sp³-hybridized carbons (Fsp3) is 0.333. The van der Waals surface area contributed by atoms with Crippen LogP contribution in [0.25, 0.3) is 0 Å². The first kappa shape index (κ1) is 31.8. The van der Waals surface area contributed by atoms with Crippen LogP contribution < -0.4 is 19.1 Å². The van der Waals surface area contributed by atoms with Crippen LogP contribution in [0.1, 0.15) is 31.4 Å². The maximum Gasteiger partial charge on any atom is 0.264 e. The van der Waals surface area contributed by atoms with E-state index in [1.807, 2.05) is 13.8 Å². The van der Waals surface area contributed by atoms with Crippen LogP contribution >= 0.6 is 11.6 Å². The quantitative estimate of drug-likeness (QED) is 0.302. The second-order valence-electron chi connectivity index (χ2n) is 9.48. The number of anilines is 1. The minimum atomic E-state index is -4.26. The molecule has 0 bridgehead atoms. The number of amides is 2. The Balaban J connectivity index is 2.06. The molecule has 3 rings (SSSR count). The lowest BCUT2D eigenvalue weighted by Crippen LogP contribution is -2.51. The van der Waals surface area contributed by atoms with Gasteiger partial charge in [-0.25, -0.2) is 8.42 Å². The minimum Gasteiger partial charge on any atom is -0.493 e. The molecule has 220 valence electrons. The Morgan fingerprint density at radius 3 is 2.27 bits per heavy atom. The van der Waals surface area contributed by atoms with Crippen molar-refractivity contribution in [3.8, 4) is 11.5 Å². The van der Waals surface area contributed by atoms with Gasteiger partial charge in [-0.15, -0.1) is 0 Å². The van der Waals surface area contributed by atoms with E-state index in [1.54, 1.807) is 55.5 Å². The number of sulfonamides is 1. The number of hydrogen-bond donors (Lipinski definition) is 1. The molecular weight excluding hydrogens is 566 g/mol. The Morgan fingerprint density at radius 2 is 1.66 bits per heavy atom. The number of nitrogens with zero attached hydrogens (tertiary/aromatic N) is 2. The zero-order valence-electron chi connectivity index (χ0n) is 23.9. The van der Waals surface area contributed by atoms with Gasteiger partial charge < -0.3 is 19.7 Å². The van der Waals surface area contributed by atoms with E-state index in [9.17, 15) is 18.0 Å². The summed E-state index contributed by atoms with van der Waals surface area (Å²) in [5, 5.41) is 3.30. The first-order valence-electron chi connectivity index (χ1n) is 13.1. The molecule has 1 atom stereocenters. The monoisotopic (exact) mass is 601 g/mol. The topological polar surface area (TPSA) is 105 Å². The summed E-state index contributed by atoms with van der Waals surface area (Å²) in [7, 11) is -1.40. The molecule has 41 heavy (non-hydrogen) atoms. The molecule has 9 nitrogen and oxygen atoms in total. The molecule has 0 aliphatic rings. The largest absolute Gasteiger partial charge is 0.493 e. The number of carbonyl (C=O) groups is 2. The van der Waals surface area contributed by atoms with Crippen molar-refractivity contribution < 1.29 is 27.5 Å². The van der Waals surface area contributed by atoms with E-state index >= 15 is 0 Å². The van der Waals surface area contributed by atoms with E-state index in [1.165, 1.54) is 37.3 Å². The van der Waals surface area contributed by atoms with Gasteiger partial charge in [-0.2, -0.15) is 0 Å². The Kier molecular flexibility index (Phi) is 11.0.